The summed E-state index contributed by atoms with van der Waals surface area (Å²) in [5, 5.41) is 8.63. The van der Waals surface area contributed by atoms with Crippen LogP contribution in [0.25, 0.3) is 12.2 Å². The molecule has 3 heteroatoms. The van der Waals surface area contributed by atoms with E-state index in [0.29, 0.717) is 6.42 Å². The first-order valence-corrected chi connectivity index (χ1v) is 5.40. The molecule has 0 saturated carbocycles. The largest absolute Gasteiger partial charge is 0.466 e. The Labute approximate surface area is 101 Å². The molecule has 0 radical (unpaired) electrons. The fourth-order valence-electron chi connectivity index (χ4n) is 1.24. The van der Waals surface area contributed by atoms with Crippen LogP contribution >= 0.6 is 0 Å². The average molecular weight is 232 g/mol. The Kier molecular flexibility index (Phi) is 5.75. The van der Waals surface area contributed by atoms with Crippen molar-refractivity contribution in [2.75, 3.05) is 13.7 Å². The van der Waals surface area contributed by atoms with Crippen LogP contribution in [0.1, 0.15) is 17.5 Å². The molecule has 0 bridgehead atoms. The van der Waals surface area contributed by atoms with Crippen LogP contribution in [-0.2, 0) is 9.53 Å². The van der Waals surface area contributed by atoms with Gasteiger partial charge < -0.3 is 9.84 Å². The summed E-state index contributed by atoms with van der Waals surface area (Å²) in [7, 11) is 1.35. The number of benzene rings is 1. The number of methoxy groups -OCH3 is 1. The van der Waals surface area contributed by atoms with E-state index in [2.05, 4.69) is 4.74 Å². The van der Waals surface area contributed by atoms with Crippen LogP contribution in [0.3, 0.4) is 0 Å². The molecule has 1 N–H and O–H groups in total. The molecule has 0 aromatic heterocycles. The molecule has 0 spiro atoms. The van der Waals surface area contributed by atoms with Gasteiger partial charge in [-0.1, -0.05) is 36.4 Å². The lowest BCUT2D eigenvalue weighted by atomic mass is 10.1. The number of ether oxygens (including phenoxy) is 1. The lowest BCUT2D eigenvalue weighted by Gasteiger charge is -1.96. The van der Waals surface area contributed by atoms with Gasteiger partial charge in [-0.25, -0.2) is 4.79 Å². The van der Waals surface area contributed by atoms with Crippen LogP contribution in [0.2, 0.25) is 0 Å². The van der Waals surface area contributed by atoms with Gasteiger partial charge in [-0.15, -0.1) is 0 Å². The molecule has 17 heavy (non-hydrogen) atoms. The lowest BCUT2D eigenvalue weighted by Crippen LogP contribution is -1.93. The van der Waals surface area contributed by atoms with E-state index in [9.17, 15) is 4.79 Å². The summed E-state index contributed by atoms with van der Waals surface area (Å²) >= 11 is 0. The highest BCUT2D eigenvalue weighted by Gasteiger charge is 1.92. The van der Waals surface area contributed by atoms with Crippen LogP contribution < -0.4 is 0 Å². The van der Waals surface area contributed by atoms with Crippen LogP contribution in [0, 0.1) is 0 Å². The zero-order valence-electron chi connectivity index (χ0n) is 9.80. The molecule has 0 aliphatic rings. The minimum atomic E-state index is -0.364. The zero-order valence-corrected chi connectivity index (χ0v) is 9.80. The van der Waals surface area contributed by atoms with Crippen molar-refractivity contribution in [2.45, 2.75) is 6.42 Å². The molecule has 1 aromatic carbocycles. The van der Waals surface area contributed by atoms with Gasteiger partial charge in [0.05, 0.1) is 7.11 Å². The van der Waals surface area contributed by atoms with Crippen molar-refractivity contribution in [2.24, 2.45) is 0 Å². The lowest BCUT2D eigenvalue weighted by molar-refractivity contribution is -0.134. The van der Waals surface area contributed by atoms with Crippen LogP contribution in [0.5, 0.6) is 0 Å². The van der Waals surface area contributed by atoms with Gasteiger partial charge >= 0.3 is 5.97 Å². The molecule has 3 nitrogen and oxygen atoms in total. The van der Waals surface area contributed by atoms with Gasteiger partial charge in [0.25, 0.3) is 0 Å². The summed E-state index contributed by atoms with van der Waals surface area (Å²) in [5.74, 6) is -0.364. The molecule has 0 amide bonds. The molecule has 0 fully saturated rings. The molecular formula is C14H16O3. The topological polar surface area (TPSA) is 46.5 Å². The van der Waals surface area contributed by atoms with Gasteiger partial charge in [-0.05, 0) is 23.6 Å². The Bertz CT molecular complexity index is 402. The van der Waals surface area contributed by atoms with Crippen molar-refractivity contribution < 1.29 is 14.6 Å². The van der Waals surface area contributed by atoms with E-state index < -0.39 is 0 Å². The predicted molar refractivity (Wildman–Crippen MR) is 68.2 cm³/mol. The average Bonchev–Trinajstić information content (AvgIpc) is 2.37. The maximum Gasteiger partial charge on any atom is 0.330 e. The van der Waals surface area contributed by atoms with Gasteiger partial charge in [0, 0.05) is 12.7 Å². The highest BCUT2D eigenvalue weighted by molar-refractivity contribution is 5.86. The second-order valence-electron chi connectivity index (χ2n) is 3.44. The van der Waals surface area contributed by atoms with E-state index in [0.717, 1.165) is 11.1 Å². The van der Waals surface area contributed by atoms with Crippen molar-refractivity contribution in [3.63, 3.8) is 0 Å². The van der Waals surface area contributed by atoms with Gasteiger partial charge in [-0.2, -0.15) is 0 Å². The number of carbonyl (C=O) groups is 1. The van der Waals surface area contributed by atoms with E-state index in [-0.39, 0.29) is 12.6 Å². The molecule has 0 aliphatic heterocycles. The van der Waals surface area contributed by atoms with Crippen molar-refractivity contribution in [1.82, 2.24) is 0 Å². The number of carbonyl (C=O) groups excluding carboxylic acids is 1. The fraction of sp³-hybridized carbons (Fsp3) is 0.214. The fourth-order valence-corrected chi connectivity index (χ4v) is 1.24. The summed E-state index contributed by atoms with van der Waals surface area (Å²) in [5.41, 5.74) is 2.00. The maximum atomic E-state index is 10.9. The Morgan fingerprint density at radius 3 is 2.35 bits per heavy atom. The molecule has 1 aromatic rings. The summed E-state index contributed by atoms with van der Waals surface area (Å²) in [4.78, 5) is 10.9. The third kappa shape index (κ3) is 5.13. The van der Waals surface area contributed by atoms with Crippen molar-refractivity contribution in [3.8, 4) is 0 Å². The number of aliphatic hydroxyl groups excluding tert-OH is 1. The first-order valence-electron chi connectivity index (χ1n) is 5.40. The Morgan fingerprint density at radius 2 is 1.82 bits per heavy atom. The van der Waals surface area contributed by atoms with E-state index in [1.54, 1.807) is 6.08 Å². The second kappa shape index (κ2) is 7.41. The number of aliphatic hydroxyl groups is 1. The standard InChI is InChI=1S/C14H16O3/c1-17-14(16)10-9-13-7-5-12(6-8-13)4-2-3-11-15/h2,4-10,15H,3,11H2,1H3/b4-2?,10-9+. The zero-order chi connectivity index (χ0) is 12.5. The smallest absolute Gasteiger partial charge is 0.330 e. The van der Waals surface area contributed by atoms with E-state index in [1.165, 1.54) is 13.2 Å². The summed E-state index contributed by atoms with van der Waals surface area (Å²) in [6.45, 7) is 0.163. The number of rotatable bonds is 5. The highest BCUT2D eigenvalue weighted by Crippen LogP contribution is 2.08. The first kappa shape index (κ1) is 13.2. The maximum absolute atomic E-state index is 10.9. The molecule has 0 aliphatic carbocycles. The van der Waals surface area contributed by atoms with Gasteiger partial charge in [0.15, 0.2) is 0 Å². The molecule has 0 saturated heterocycles. The third-order valence-electron chi connectivity index (χ3n) is 2.16. The summed E-state index contributed by atoms with van der Waals surface area (Å²) in [6.07, 6.45) is 7.61. The normalized spacial score (nSPS) is 11.2. The van der Waals surface area contributed by atoms with E-state index >= 15 is 0 Å². The van der Waals surface area contributed by atoms with Crippen LogP contribution in [0.15, 0.2) is 36.4 Å². The highest BCUT2D eigenvalue weighted by atomic mass is 16.5. The molecule has 0 heterocycles. The molecule has 90 valence electrons. The monoisotopic (exact) mass is 232 g/mol. The second-order valence-corrected chi connectivity index (χ2v) is 3.44. The van der Waals surface area contributed by atoms with Crippen LogP contribution in [0.4, 0.5) is 0 Å². The molecular weight excluding hydrogens is 216 g/mol. The number of hydrogen-bond donors (Lipinski definition) is 1. The summed E-state index contributed by atoms with van der Waals surface area (Å²) in [6, 6.07) is 7.73. The van der Waals surface area contributed by atoms with Crippen molar-refractivity contribution in [1.29, 1.82) is 0 Å². The van der Waals surface area contributed by atoms with E-state index in [1.807, 2.05) is 36.4 Å². The third-order valence-corrected chi connectivity index (χ3v) is 2.16. The van der Waals surface area contributed by atoms with Gasteiger partial charge in [0.2, 0.25) is 0 Å². The first-order chi connectivity index (χ1) is 8.26. The molecule has 1 rings (SSSR count). The number of hydrogen-bond acceptors (Lipinski definition) is 3. The van der Waals surface area contributed by atoms with Crippen LogP contribution in [-0.4, -0.2) is 24.8 Å². The quantitative estimate of drug-likeness (QED) is 0.625. The van der Waals surface area contributed by atoms with E-state index in [4.69, 9.17) is 5.11 Å². The Balaban J connectivity index is 2.61. The predicted octanol–water partition coefficient (Wildman–Crippen LogP) is 2.27. The van der Waals surface area contributed by atoms with Crippen molar-refractivity contribution >= 4 is 18.1 Å². The number of esters is 1. The minimum Gasteiger partial charge on any atom is -0.466 e. The van der Waals surface area contributed by atoms with Crippen molar-refractivity contribution in [3.05, 3.63) is 47.5 Å². The minimum absolute atomic E-state index is 0.163. The summed E-state index contributed by atoms with van der Waals surface area (Å²) < 4.78 is 4.50. The Morgan fingerprint density at radius 1 is 1.24 bits per heavy atom. The Hall–Kier alpha value is -1.87. The van der Waals surface area contributed by atoms with Gasteiger partial charge in [-0.3, -0.25) is 0 Å². The molecule has 0 atom stereocenters. The SMILES string of the molecule is COC(=O)/C=C/c1ccc(C=CCCO)cc1. The molecule has 0 unspecified atom stereocenters. The van der Waals surface area contributed by atoms with Gasteiger partial charge in [0.1, 0.15) is 0 Å².